The number of hydrogen-bond donors (Lipinski definition) is 1. The zero-order valence-electron chi connectivity index (χ0n) is 5.68. The van der Waals surface area contributed by atoms with E-state index in [4.69, 9.17) is 0 Å². The first-order valence-electron chi connectivity index (χ1n) is 3.08. The van der Waals surface area contributed by atoms with Gasteiger partial charge in [0, 0.05) is 12.2 Å². The molecule has 0 aliphatic heterocycles. The monoisotopic (exact) mass is 145 g/mol. The molecule has 0 aromatic heterocycles. The van der Waals surface area contributed by atoms with E-state index in [1.807, 2.05) is 6.26 Å². The molecule has 52 valence electrons. The van der Waals surface area contributed by atoms with Gasteiger partial charge < -0.3 is 4.72 Å². The Kier molecular flexibility index (Phi) is 2.01. The number of hydrogen-bond acceptors (Lipinski definition) is 2. The Labute approximate surface area is 59.5 Å². The zero-order chi connectivity index (χ0) is 6.85. The molecule has 3 heteroatoms. The van der Waals surface area contributed by atoms with Crippen molar-refractivity contribution in [2.45, 2.75) is 13.3 Å². The lowest BCUT2D eigenvalue weighted by molar-refractivity contribution is -0.120. The summed E-state index contributed by atoms with van der Waals surface area (Å²) in [5.41, 5.74) is 0. The smallest absolute Gasteiger partial charge is 0.233 e. The summed E-state index contributed by atoms with van der Waals surface area (Å²) in [4.78, 5) is 10.9. The van der Waals surface area contributed by atoms with Crippen LogP contribution in [-0.4, -0.2) is 12.2 Å². The normalized spacial score (nSPS) is 31.8. The molecule has 1 amide bonds. The molecule has 0 heterocycles. The molecule has 0 aromatic rings. The van der Waals surface area contributed by atoms with Gasteiger partial charge in [-0.15, -0.1) is 0 Å². The van der Waals surface area contributed by atoms with Crippen LogP contribution in [0.4, 0.5) is 0 Å². The van der Waals surface area contributed by atoms with E-state index in [2.05, 4.69) is 11.6 Å². The molecular weight excluding hydrogens is 134 g/mol. The minimum Gasteiger partial charge on any atom is -0.300 e. The van der Waals surface area contributed by atoms with Crippen LogP contribution in [0.5, 0.6) is 0 Å². The molecule has 0 saturated heterocycles. The maximum Gasteiger partial charge on any atom is 0.233 e. The summed E-state index contributed by atoms with van der Waals surface area (Å²) < 4.78 is 2.72. The summed E-state index contributed by atoms with van der Waals surface area (Å²) in [5, 5.41) is 0. The van der Waals surface area contributed by atoms with E-state index >= 15 is 0 Å². The molecule has 0 radical (unpaired) electrons. The molecule has 2 unspecified atom stereocenters. The van der Waals surface area contributed by atoms with Gasteiger partial charge in [-0.05, 0) is 12.3 Å². The quantitative estimate of drug-likeness (QED) is 0.588. The zero-order valence-corrected chi connectivity index (χ0v) is 6.49. The number of amides is 1. The van der Waals surface area contributed by atoms with Crippen LogP contribution in [0.15, 0.2) is 0 Å². The largest absolute Gasteiger partial charge is 0.300 e. The fraction of sp³-hybridized carbons (Fsp3) is 0.833. The van der Waals surface area contributed by atoms with Crippen molar-refractivity contribution < 1.29 is 4.79 Å². The molecule has 1 aliphatic rings. The second kappa shape index (κ2) is 2.60. The van der Waals surface area contributed by atoms with Gasteiger partial charge in [-0.3, -0.25) is 4.79 Å². The maximum atomic E-state index is 10.9. The predicted molar refractivity (Wildman–Crippen MR) is 38.9 cm³/mol. The van der Waals surface area contributed by atoms with E-state index in [0.717, 1.165) is 6.42 Å². The fourth-order valence-corrected chi connectivity index (χ4v) is 1.22. The summed E-state index contributed by atoms with van der Waals surface area (Å²) in [7, 11) is 0. The van der Waals surface area contributed by atoms with Crippen LogP contribution in [0.25, 0.3) is 0 Å². The Morgan fingerprint density at radius 2 is 2.33 bits per heavy atom. The molecule has 1 rings (SSSR count). The van der Waals surface area contributed by atoms with Gasteiger partial charge in [0.15, 0.2) is 0 Å². The van der Waals surface area contributed by atoms with Crippen LogP contribution in [0.1, 0.15) is 13.3 Å². The van der Waals surface area contributed by atoms with Gasteiger partial charge in [0.1, 0.15) is 0 Å². The highest BCUT2D eigenvalue weighted by Crippen LogP contribution is 2.37. The predicted octanol–water partition coefficient (Wildman–Crippen LogP) is 1.04. The molecule has 2 nitrogen and oxygen atoms in total. The van der Waals surface area contributed by atoms with Crippen molar-refractivity contribution in [2.24, 2.45) is 11.8 Å². The Balaban J connectivity index is 2.20. The van der Waals surface area contributed by atoms with E-state index in [0.29, 0.717) is 11.8 Å². The Bertz CT molecular complexity index is 126. The van der Waals surface area contributed by atoms with Gasteiger partial charge in [-0.1, -0.05) is 18.9 Å². The summed E-state index contributed by atoms with van der Waals surface area (Å²) >= 11 is 1.38. The number of nitrogens with one attached hydrogen (secondary N) is 1. The van der Waals surface area contributed by atoms with Crippen LogP contribution < -0.4 is 4.72 Å². The van der Waals surface area contributed by atoms with Crippen LogP contribution in [-0.2, 0) is 4.79 Å². The lowest BCUT2D eigenvalue weighted by atomic mass is 10.3. The molecule has 2 atom stereocenters. The third-order valence-corrected chi connectivity index (χ3v) is 2.05. The van der Waals surface area contributed by atoms with Gasteiger partial charge in [-0.25, -0.2) is 0 Å². The summed E-state index contributed by atoms with van der Waals surface area (Å²) in [6.07, 6.45) is 2.94. The number of carbonyl (C=O) groups is 1. The van der Waals surface area contributed by atoms with Crippen LogP contribution in [0, 0.1) is 11.8 Å². The fourth-order valence-electron chi connectivity index (χ4n) is 0.864. The van der Waals surface area contributed by atoms with Crippen molar-refractivity contribution in [3.63, 3.8) is 0 Å². The highest BCUT2D eigenvalue weighted by molar-refractivity contribution is 7.97. The summed E-state index contributed by atoms with van der Waals surface area (Å²) in [6.45, 7) is 2.10. The highest BCUT2D eigenvalue weighted by atomic mass is 32.2. The van der Waals surface area contributed by atoms with E-state index in [-0.39, 0.29) is 5.91 Å². The molecule has 1 aliphatic carbocycles. The van der Waals surface area contributed by atoms with E-state index < -0.39 is 0 Å². The maximum absolute atomic E-state index is 10.9. The lowest BCUT2D eigenvalue weighted by Crippen LogP contribution is -2.17. The van der Waals surface area contributed by atoms with Gasteiger partial charge in [0.2, 0.25) is 5.91 Å². The van der Waals surface area contributed by atoms with Crippen molar-refractivity contribution >= 4 is 17.9 Å². The first kappa shape index (κ1) is 6.93. The first-order chi connectivity index (χ1) is 4.25. The van der Waals surface area contributed by atoms with Crippen LogP contribution >= 0.6 is 11.9 Å². The second-order valence-electron chi connectivity index (χ2n) is 2.49. The van der Waals surface area contributed by atoms with Gasteiger partial charge in [0.25, 0.3) is 0 Å². The van der Waals surface area contributed by atoms with E-state index in [9.17, 15) is 4.79 Å². The van der Waals surface area contributed by atoms with Crippen molar-refractivity contribution in [3.8, 4) is 0 Å². The average Bonchev–Trinajstić information content (AvgIpc) is 2.47. The molecule has 1 fully saturated rings. The minimum atomic E-state index is 0.204. The standard InChI is InChI=1S/C6H11NOS/c1-4-3-5(4)6(8)7-9-2/h4-5H,3H2,1-2H3,(H,7,8). The minimum absolute atomic E-state index is 0.204. The average molecular weight is 145 g/mol. The van der Waals surface area contributed by atoms with Crippen molar-refractivity contribution in [1.82, 2.24) is 4.72 Å². The van der Waals surface area contributed by atoms with Crippen molar-refractivity contribution in [1.29, 1.82) is 0 Å². The van der Waals surface area contributed by atoms with E-state index in [1.165, 1.54) is 11.9 Å². The topological polar surface area (TPSA) is 29.1 Å². The molecule has 0 spiro atoms. The third-order valence-electron chi connectivity index (χ3n) is 1.65. The van der Waals surface area contributed by atoms with Crippen molar-refractivity contribution in [2.75, 3.05) is 6.26 Å². The molecule has 1 saturated carbocycles. The first-order valence-corrected chi connectivity index (χ1v) is 4.31. The van der Waals surface area contributed by atoms with Gasteiger partial charge in [0.05, 0.1) is 0 Å². The Morgan fingerprint density at radius 1 is 1.78 bits per heavy atom. The number of rotatable bonds is 2. The number of carbonyl (C=O) groups excluding carboxylic acids is 1. The van der Waals surface area contributed by atoms with E-state index in [1.54, 1.807) is 0 Å². The Hall–Kier alpha value is -0.180. The summed E-state index contributed by atoms with van der Waals surface area (Å²) in [5.74, 6) is 1.14. The molecule has 9 heavy (non-hydrogen) atoms. The molecule has 0 bridgehead atoms. The van der Waals surface area contributed by atoms with Crippen LogP contribution in [0.2, 0.25) is 0 Å². The van der Waals surface area contributed by atoms with Crippen LogP contribution in [0.3, 0.4) is 0 Å². The van der Waals surface area contributed by atoms with Gasteiger partial charge >= 0.3 is 0 Å². The highest BCUT2D eigenvalue weighted by Gasteiger charge is 2.38. The second-order valence-corrected chi connectivity index (χ2v) is 3.10. The lowest BCUT2D eigenvalue weighted by Gasteiger charge is -1.95. The summed E-state index contributed by atoms with van der Waals surface area (Å²) in [6, 6.07) is 0. The molecule has 0 aromatic carbocycles. The SMILES string of the molecule is CSNC(=O)C1CC1C. The molecular formula is C6H11NOS. The third kappa shape index (κ3) is 1.61. The Morgan fingerprint density at radius 3 is 2.67 bits per heavy atom. The molecule has 1 N–H and O–H groups in total. The van der Waals surface area contributed by atoms with Gasteiger partial charge in [-0.2, -0.15) is 0 Å². The van der Waals surface area contributed by atoms with Crippen molar-refractivity contribution in [3.05, 3.63) is 0 Å².